The number of alkyl halides is 3. The van der Waals surface area contributed by atoms with E-state index >= 15 is 0 Å². The van der Waals surface area contributed by atoms with Gasteiger partial charge in [0, 0.05) is 0 Å². The van der Waals surface area contributed by atoms with Crippen LogP contribution in [0.4, 0.5) is 13.2 Å². The first-order chi connectivity index (χ1) is 7.99. The third-order valence-electron chi connectivity index (χ3n) is 1.90. The third kappa shape index (κ3) is 5.84. The Morgan fingerprint density at radius 3 is 2.17 bits per heavy atom. The van der Waals surface area contributed by atoms with Crippen molar-refractivity contribution in [1.82, 2.24) is 5.32 Å². The minimum absolute atomic E-state index is 0.274. The van der Waals surface area contributed by atoms with Crippen molar-refractivity contribution in [2.24, 2.45) is 0 Å². The van der Waals surface area contributed by atoms with Gasteiger partial charge in [-0.3, -0.25) is 9.59 Å². The molecule has 0 radical (unpaired) electrons. The number of nitrogens with one attached hydrogen (secondary N) is 1. The molecule has 106 valence electrons. The van der Waals surface area contributed by atoms with E-state index in [-0.39, 0.29) is 6.42 Å². The molecule has 18 heavy (non-hydrogen) atoms. The Morgan fingerprint density at radius 2 is 1.83 bits per heavy atom. The van der Waals surface area contributed by atoms with Crippen LogP contribution in [0, 0.1) is 0 Å². The number of amides is 1. The van der Waals surface area contributed by atoms with E-state index in [1.54, 1.807) is 0 Å². The molecule has 0 aromatic rings. The van der Waals surface area contributed by atoms with Crippen molar-refractivity contribution in [2.45, 2.75) is 24.8 Å². The van der Waals surface area contributed by atoms with Crippen LogP contribution >= 0.6 is 0 Å². The highest BCUT2D eigenvalue weighted by molar-refractivity contribution is 7.93. The van der Waals surface area contributed by atoms with Gasteiger partial charge >= 0.3 is 12.1 Å². The number of carboxylic acids is 1. The van der Waals surface area contributed by atoms with E-state index < -0.39 is 45.4 Å². The minimum Gasteiger partial charge on any atom is -0.480 e. The zero-order valence-electron chi connectivity index (χ0n) is 9.32. The van der Waals surface area contributed by atoms with Gasteiger partial charge in [0.05, 0.1) is 0 Å². The molecule has 0 aliphatic heterocycles. The van der Waals surface area contributed by atoms with Crippen LogP contribution in [0.1, 0.15) is 13.3 Å². The molecular formula is C8H12F3NO5S. The molecule has 0 saturated heterocycles. The zero-order valence-corrected chi connectivity index (χ0v) is 10.1. The molecule has 0 aliphatic rings. The number of carboxylic acid groups (broad SMARTS) is 1. The molecule has 2 N–H and O–H groups in total. The lowest BCUT2D eigenvalue weighted by molar-refractivity contribution is -0.137. The van der Waals surface area contributed by atoms with Gasteiger partial charge in [0.2, 0.25) is 5.91 Å². The average molecular weight is 291 g/mol. The van der Waals surface area contributed by atoms with Crippen molar-refractivity contribution in [1.29, 1.82) is 0 Å². The molecule has 0 bridgehead atoms. The highest BCUT2D eigenvalue weighted by Gasteiger charge is 2.34. The third-order valence-corrected chi connectivity index (χ3v) is 3.96. The summed E-state index contributed by atoms with van der Waals surface area (Å²) in [6.07, 6.45) is -4.93. The van der Waals surface area contributed by atoms with Gasteiger partial charge in [0.15, 0.2) is 15.1 Å². The molecule has 1 amide bonds. The SMILES string of the molecule is CCC(C(=O)O)S(=O)(=O)CC(=O)NCC(F)(F)F. The highest BCUT2D eigenvalue weighted by Crippen LogP contribution is 2.12. The van der Waals surface area contributed by atoms with Crippen LogP contribution in [0.25, 0.3) is 0 Å². The summed E-state index contributed by atoms with van der Waals surface area (Å²) < 4.78 is 58.1. The first kappa shape index (κ1) is 16.7. The number of carbonyl (C=O) groups is 2. The van der Waals surface area contributed by atoms with Gasteiger partial charge in [-0.15, -0.1) is 0 Å². The summed E-state index contributed by atoms with van der Waals surface area (Å²) in [5.74, 6) is -4.30. The molecule has 0 saturated carbocycles. The molecule has 1 atom stereocenters. The smallest absolute Gasteiger partial charge is 0.405 e. The Hall–Kier alpha value is -1.32. The van der Waals surface area contributed by atoms with Gasteiger partial charge in [0.1, 0.15) is 12.3 Å². The van der Waals surface area contributed by atoms with Crippen molar-refractivity contribution in [3.8, 4) is 0 Å². The lowest BCUT2D eigenvalue weighted by Crippen LogP contribution is -2.41. The van der Waals surface area contributed by atoms with Gasteiger partial charge in [-0.25, -0.2) is 8.42 Å². The van der Waals surface area contributed by atoms with Crippen LogP contribution in [0.5, 0.6) is 0 Å². The Labute approximate surface area is 101 Å². The highest BCUT2D eigenvalue weighted by atomic mass is 32.2. The van der Waals surface area contributed by atoms with Crippen molar-refractivity contribution < 1.29 is 36.3 Å². The fourth-order valence-electron chi connectivity index (χ4n) is 1.12. The van der Waals surface area contributed by atoms with Crippen LogP contribution in [0.15, 0.2) is 0 Å². The van der Waals surface area contributed by atoms with Crippen molar-refractivity contribution >= 4 is 21.7 Å². The molecule has 0 heterocycles. The van der Waals surface area contributed by atoms with Gasteiger partial charge in [-0.05, 0) is 6.42 Å². The summed E-state index contributed by atoms with van der Waals surface area (Å²) in [6.45, 7) is -0.380. The first-order valence-electron chi connectivity index (χ1n) is 4.77. The minimum atomic E-state index is -4.66. The Morgan fingerprint density at radius 1 is 1.33 bits per heavy atom. The van der Waals surface area contributed by atoms with Gasteiger partial charge in [0.25, 0.3) is 0 Å². The molecule has 10 heteroatoms. The van der Waals surface area contributed by atoms with E-state index in [9.17, 15) is 31.2 Å². The van der Waals surface area contributed by atoms with E-state index in [4.69, 9.17) is 5.11 Å². The predicted molar refractivity (Wildman–Crippen MR) is 54.6 cm³/mol. The summed E-state index contributed by atoms with van der Waals surface area (Å²) >= 11 is 0. The molecule has 6 nitrogen and oxygen atoms in total. The van der Waals surface area contributed by atoms with Crippen molar-refractivity contribution in [3.63, 3.8) is 0 Å². The standard InChI is InChI=1S/C8H12F3NO5S/c1-2-5(7(14)15)18(16,17)3-6(13)12-4-8(9,10)11/h5H,2-4H2,1H3,(H,12,13)(H,14,15). The number of carbonyl (C=O) groups excluding carboxylic acids is 1. The number of sulfone groups is 1. The zero-order chi connectivity index (χ0) is 14.6. The van der Waals surface area contributed by atoms with E-state index in [2.05, 4.69) is 0 Å². The average Bonchev–Trinajstić information content (AvgIpc) is 2.12. The first-order valence-corrected chi connectivity index (χ1v) is 6.49. The molecule has 0 rings (SSSR count). The van der Waals surface area contributed by atoms with Crippen molar-refractivity contribution in [2.75, 3.05) is 12.3 Å². The summed E-state index contributed by atoms with van der Waals surface area (Å²) in [5.41, 5.74) is 0. The molecule has 0 aliphatic carbocycles. The number of hydrogen-bond acceptors (Lipinski definition) is 4. The van der Waals surface area contributed by atoms with Crippen LogP contribution in [0.3, 0.4) is 0 Å². The normalized spacial score (nSPS) is 14.0. The molecule has 0 fully saturated rings. The maximum Gasteiger partial charge on any atom is 0.405 e. The largest absolute Gasteiger partial charge is 0.480 e. The summed E-state index contributed by atoms with van der Waals surface area (Å²) in [5, 5.41) is 8.15. The predicted octanol–water partition coefficient (Wildman–Crippen LogP) is -0.0571. The van der Waals surface area contributed by atoms with E-state index in [0.29, 0.717) is 0 Å². The molecule has 1 unspecified atom stereocenters. The monoisotopic (exact) mass is 291 g/mol. The van der Waals surface area contributed by atoms with Crippen LogP contribution < -0.4 is 5.32 Å². The van der Waals surface area contributed by atoms with E-state index in [0.717, 1.165) is 0 Å². The topological polar surface area (TPSA) is 101 Å². The van der Waals surface area contributed by atoms with Crippen LogP contribution in [-0.2, 0) is 19.4 Å². The number of rotatable bonds is 6. The number of aliphatic carboxylic acids is 1. The summed E-state index contributed by atoms with van der Waals surface area (Å²) in [6, 6.07) is 0. The molecule has 0 aromatic heterocycles. The summed E-state index contributed by atoms with van der Waals surface area (Å²) in [4.78, 5) is 21.6. The fraction of sp³-hybridized carbons (Fsp3) is 0.750. The second kappa shape index (κ2) is 6.03. The van der Waals surface area contributed by atoms with E-state index in [1.165, 1.54) is 12.2 Å². The molecule has 0 spiro atoms. The van der Waals surface area contributed by atoms with Crippen LogP contribution in [0.2, 0.25) is 0 Å². The Bertz CT molecular complexity index is 417. The van der Waals surface area contributed by atoms with Crippen LogP contribution in [-0.4, -0.2) is 49.1 Å². The Kier molecular flexibility index (Phi) is 5.58. The second-order valence-electron chi connectivity index (χ2n) is 3.43. The lowest BCUT2D eigenvalue weighted by atomic mass is 10.3. The van der Waals surface area contributed by atoms with Gasteiger partial charge < -0.3 is 10.4 Å². The Balaban J connectivity index is 4.59. The quantitative estimate of drug-likeness (QED) is 0.714. The fourth-order valence-corrected chi connectivity index (χ4v) is 2.60. The van der Waals surface area contributed by atoms with Gasteiger partial charge in [-0.1, -0.05) is 6.92 Å². The lowest BCUT2D eigenvalue weighted by Gasteiger charge is -2.12. The molecular weight excluding hydrogens is 279 g/mol. The maximum absolute atomic E-state index is 11.7. The van der Waals surface area contributed by atoms with Crippen molar-refractivity contribution in [3.05, 3.63) is 0 Å². The number of halogens is 3. The summed E-state index contributed by atoms with van der Waals surface area (Å²) in [7, 11) is -4.32. The number of hydrogen-bond donors (Lipinski definition) is 2. The van der Waals surface area contributed by atoms with Gasteiger partial charge in [-0.2, -0.15) is 13.2 Å². The maximum atomic E-state index is 11.7. The second-order valence-corrected chi connectivity index (χ2v) is 5.62. The molecule has 0 aromatic carbocycles. The van der Waals surface area contributed by atoms with E-state index in [1.807, 2.05) is 0 Å².